The zero-order valence-corrected chi connectivity index (χ0v) is 20.0. The summed E-state index contributed by atoms with van der Waals surface area (Å²) in [5.41, 5.74) is 3.94. The van der Waals surface area contributed by atoms with Gasteiger partial charge in [0.1, 0.15) is 0 Å². The molecule has 1 heterocycles. The lowest BCUT2D eigenvalue weighted by atomic mass is 9.48. The minimum atomic E-state index is -0.0709. The molecule has 0 amide bonds. The van der Waals surface area contributed by atoms with Crippen LogP contribution < -0.4 is 0 Å². The standard InChI is InChI=1S/C27H46O2/c1-18(2)8-7-9-19(3)24-17-29-27(6)23-11-10-20-16-21(28)12-14-25(20,4)22(23)13-15-26(24,27)5/h18-21,24,28H,7-17H2,1-6H3/t19-,20+,21+,24-,25+,26-,27?/m1/s1. The first kappa shape index (κ1) is 21.9. The zero-order chi connectivity index (χ0) is 21.0. The molecule has 29 heavy (non-hydrogen) atoms. The van der Waals surface area contributed by atoms with Gasteiger partial charge in [-0.25, -0.2) is 0 Å². The number of fused-ring (bicyclic) bond motifs is 4. The van der Waals surface area contributed by atoms with E-state index in [1.54, 1.807) is 11.1 Å². The van der Waals surface area contributed by atoms with Gasteiger partial charge in [-0.3, -0.25) is 0 Å². The largest absolute Gasteiger partial charge is 0.393 e. The molecule has 2 fully saturated rings. The Bertz CT molecular complexity index is 651. The third-order valence-corrected chi connectivity index (χ3v) is 10.3. The van der Waals surface area contributed by atoms with Crippen LogP contribution in [0.3, 0.4) is 0 Å². The molecule has 1 saturated carbocycles. The molecule has 0 aromatic heterocycles. The summed E-state index contributed by atoms with van der Waals surface area (Å²) in [4.78, 5) is 0. The molecule has 2 nitrogen and oxygen atoms in total. The van der Waals surface area contributed by atoms with Crippen molar-refractivity contribution in [3.05, 3.63) is 11.1 Å². The molecule has 1 unspecified atom stereocenters. The van der Waals surface area contributed by atoms with Crippen LogP contribution in [-0.2, 0) is 4.74 Å². The highest BCUT2D eigenvalue weighted by Crippen LogP contribution is 2.66. The van der Waals surface area contributed by atoms with E-state index in [2.05, 4.69) is 41.5 Å². The first-order valence-electron chi connectivity index (χ1n) is 12.7. The van der Waals surface area contributed by atoms with Crippen LogP contribution in [0.2, 0.25) is 0 Å². The van der Waals surface area contributed by atoms with E-state index in [0.29, 0.717) is 17.3 Å². The van der Waals surface area contributed by atoms with Crippen LogP contribution >= 0.6 is 0 Å². The maximum Gasteiger partial charge on any atom is 0.0923 e. The van der Waals surface area contributed by atoms with Crippen LogP contribution in [0.1, 0.15) is 106 Å². The van der Waals surface area contributed by atoms with E-state index in [1.165, 1.54) is 51.4 Å². The summed E-state index contributed by atoms with van der Waals surface area (Å²) in [6.45, 7) is 15.7. The van der Waals surface area contributed by atoms with Crippen molar-refractivity contribution >= 4 is 0 Å². The van der Waals surface area contributed by atoms with Crippen molar-refractivity contribution in [2.45, 2.75) is 117 Å². The summed E-state index contributed by atoms with van der Waals surface area (Å²) >= 11 is 0. The minimum Gasteiger partial charge on any atom is -0.393 e. The predicted molar refractivity (Wildman–Crippen MR) is 121 cm³/mol. The molecule has 2 heteroatoms. The average Bonchev–Trinajstić information content (AvgIpc) is 2.93. The molecule has 7 atom stereocenters. The van der Waals surface area contributed by atoms with Gasteiger partial charge in [0.15, 0.2) is 0 Å². The van der Waals surface area contributed by atoms with Crippen LogP contribution in [0.15, 0.2) is 11.1 Å². The van der Waals surface area contributed by atoms with E-state index >= 15 is 0 Å². The quantitative estimate of drug-likeness (QED) is 0.506. The highest BCUT2D eigenvalue weighted by molar-refractivity contribution is 5.39. The monoisotopic (exact) mass is 402 g/mol. The molecule has 0 aromatic carbocycles. The second kappa shape index (κ2) is 7.66. The second-order valence-corrected chi connectivity index (χ2v) is 12.2. The fourth-order valence-corrected chi connectivity index (χ4v) is 8.03. The van der Waals surface area contributed by atoms with E-state index in [0.717, 1.165) is 31.3 Å². The maximum atomic E-state index is 10.3. The van der Waals surface area contributed by atoms with Crippen molar-refractivity contribution < 1.29 is 9.84 Å². The van der Waals surface area contributed by atoms with Gasteiger partial charge in [0, 0.05) is 5.41 Å². The van der Waals surface area contributed by atoms with Gasteiger partial charge in [-0.15, -0.1) is 0 Å². The van der Waals surface area contributed by atoms with Crippen molar-refractivity contribution in [2.24, 2.45) is 34.5 Å². The number of rotatable bonds is 5. The molecule has 166 valence electrons. The molecule has 4 aliphatic rings. The summed E-state index contributed by atoms with van der Waals surface area (Å²) in [5.74, 6) is 2.92. The Kier molecular flexibility index (Phi) is 5.78. The third kappa shape index (κ3) is 3.36. The van der Waals surface area contributed by atoms with Gasteiger partial charge >= 0.3 is 0 Å². The summed E-state index contributed by atoms with van der Waals surface area (Å²) < 4.78 is 6.82. The summed E-state index contributed by atoms with van der Waals surface area (Å²) in [6.07, 6.45) is 12.1. The van der Waals surface area contributed by atoms with E-state index in [9.17, 15) is 5.11 Å². The number of hydrogen-bond donors (Lipinski definition) is 1. The Hall–Kier alpha value is -0.340. The molecule has 3 aliphatic carbocycles. The molecule has 4 rings (SSSR count). The lowest BCUT2D eigenvalue weighted by molar-refractivity contribution is -0.0474. The second-order valence-electron chi connectivity index (χ2n) is 12.2. The van der Waals surface area contributed by atoms with Gasteiger partial charge in [-0.1, -0.05) is 59.5 Å². The summed E-state index contributed by atoms with van der Waals surface area (Å²) in [7, 11) is 0. The fourth-order valence-electron chi connectivity index (χ4n) is 8.03. The molecular formula is C27H46O2. The minimum absolute atomic E-state index is 0.0679. The Labute approximate surface area is 179 Å². The zero-order valence-electron chi connectivity index (χ0n) is 20.0. The molecular weight excluding hydrogens is 356 g/mol. The Morgan fingerprint density at radius 3 is 2.48 bits per heavy atom. The molecule has 0 radical (unpaired) electrons. The number of aliphatic hydroxyl groups is 1. The topological polar surface area (TPSA) is 29.5 Å². The average molecular weight is 403 g/mol. The highest BCUT2D eigenvalue weighted by Gasteiger charge is 2.62. The Morgan fingerprint density at radius 1 is 1.00 bits per heavy atom. The summed E-state index contributed by atoms with van der Waals surface area (Å²) in [5, 5.41) is 10.3. The molecule has 0 aromatic rings. The molecule has 1 aliphatic heterocycles. The fraction of sp³-hybridized carbons (Fsp3) is 0.926. The number of aliphatic hydroxyl groups excluding tert-OH is 1. The molecule has 0 spiro atoms. The number of ether oxygens (including phenoxy) is 1. The van der Waals surface area contributed by atoms with Gasteiger partial charge < -0.3 is 9.84 Å². The number of hydrogen-bond acceptors (Lipinski definition) is 2. The predicted octanol–water partition coefficient (Wildman–Crippen LogP) is 6.91. The smallest absolute Gasteiger partial charge is 0.0923 e. The van der Waals surface area contributed by atoms with Crippen molar-refractivity contribution in [2.75, 3.05) is 6.61 Å². The van der Waals surface area contributed by atoms with Crippen LogP contribution in [0.25, 0.3) is 0 Å². The number of allylic oxidation sites excluding steroid dienone is 1. The van der Waals surface area contributed by atoms with Crippen LogP contribution in [0.5, 0.6) is 0 Å². The normalized spacial score (nSPS) is 45.7. The van der Waals surface area contributed by atoms with Gasteiger partial charge in [0.25, 0.3) is 0 Å². The van der Waals surface area contributed by atoms with Crippen molar-refractivity contribution in [1.82, 2.24) is 0 Å². The lowest BCUT2D eigenvalue weighted by Gasteiger charge is -2.57. The lowest BCUT2D eigenvalue weighted by Crippen LogP contribution is -2.53. The maximum absolute atomic E-state index is 10.3. The van der Waals surface area contributed by atoms with E-state index in [4.69, 9.17) is 4.74 Å². The third-order valence-electron chi connectivity index (χ3n) is 10.3. The van der Waals surface area contributed by atoms with Crippen molar-refractivity contribution in [3.63, 3.8) is 0 Å². The van der Waals surface area contributed by atoms with Crippen LogP contribution in [0.4, 0.5) is 0 Å². The van der Waals surface area contributed by atoms with E-state index < -0.39 is 0 Å². The van der Waals surface area contributed by atoms with E-state index in [1.807, 2.05) is 0 Å². The first-order valence-corrected chi connectivity index (χ1v) is 12.7. The Balaban J connectivity index is 1.59. The van der Waals surface area contributed by atoms with Crippen molar-refractivity contribution in [3.8, 4) is 0 Å². The van der Waals surface area contributed by atoms with E-state index in [-0.39, 0.29) is 17.1 Å². The first-order chi connectivity index (χ1) is 13.6. The van der Waals surface area contributed by atoms with Gasteiger partial charge in [0.2, 0.25) is 0 Å². The van der Waals surface area contributed by atoms with Gasteiger partial charge in [-0.05, 0) is 86.5 Å². The van der Waals surface area contributed by atoms with Gasteiger partial charge in [-0.2, -0.15) is 0 Å². The summed E-state index contributed by atoms with van der Waals surface area (Å²) in [6, 6.07) is 0. The Morgan fingerprint density at radius 2 is 1.76 bits per heavy atom. The molecule has 0 bridgehead atoms. The highest BCUT2D eigenvalue weighted by atomic mass is 16.5. The van der Waals surface area contributed by atoms with Crippen LogP contribution in [-0.4, -0.2) is 23.4 Å². The van der Waals surface area contributed by atoms with Gasteiger partial charge in [0.05, 0.1) is 18.3 Å². The molecule has 1 saturated heterocycles. The SMILES string of the molecule is CC(C)CCC[C@@H](C)[C@H]1COC2(C)C3=C(CC[C@]12C)[C@@]1(C)CC[C@H](O)C[C@@H]1CC3. The van der Waals surface area contributed by atoms with Crippen LogP contribution in [0, 0.1) is 34.5 Å². The molecule has 1 N–H and O–H groups in total. The van der Waals surface area contributed by atoms with Crippen molar-refractivity contribution in [1.29, 1.82) is 0 Å².